The van der Waals surface area contributed by atoms with Crippen LogP contribution in [0, 0.1) is 0 Å². The van der Waals surface area contributed by atoms with Crippen molar-refractivity contribution in [2.45, 2.75) is 41.5 Å². The van der Waals surface area contributed by atoms with Crippen LogP contribution in [0.25, 0.3) is 0 Å². The molecule has 12 aromatic carbocycles. The molecule has 0 aromatic heterocycles. The van der Waals surface area contributed by atoms with Gasteiger partial charge in [0.2, 0.25) is 0 Å². The van der Waals surface area contributed by atoms with Gasteiger partial charge < -0.3 is 46.6 Å². The van der Waals surface area contributed by atoms with Crippen molar-refractivity contribution in [1.29, 1.82) is 0 Å². The van der Waals surface area contributed by atoms with Crippen LogP contribution >= 0.6 is 0 Å². The molecule has 0 radical (unpaired) electrons. The Balaban J connectivity index is 0.000000186. The molecule has 0 atom stereocenters. The Morgan fingerprint density at radius 3 is 0.450 bits per heavy atom. The summed E-state index contributed by atoms with van der Waals surface area (Å²) in [4.78, 5) is 86.2. The van der Waals surface area contributed by atoms with E-state index < -0.39 is 0 Å². The average molecular weight is 1480 g/mol. The quantitative estimate of drug-likeness (QED) is 0.0381. The molecule has 0 heterocycles. The van der Waals surface area contributed by atoms with Gasteiger partial charge in [0.15, 0.2) is 34.7 Å². The lowest BCUT2D eigenvalue weighted by Crippen LogP contribution is -2.22. The number of carbonyl (C=O) groups excluding carboxylic acids is 6. The number of benzene rings is 12. The van der Waals surface area contributed by atoms with E-state index in [1.165, 1.54) is 0 Å². The van der Waals surface area contributed by atoms with Crippen molar-refractivity contribution in [1.82, 2.24) is 0 Å². The van der Waals surface area contributed by atoms with E-state index in [0.717, 1.165) is 107 Å². The first-order valence-corrected chi connectivity index (χ1v) is 37.4. The topological polar surface area (TPSA) is 200 Å². The Morgan fingerprint density at radius 2 is 0.315 bits per heavy atom. The predicted octanol–water partition coefficient (Wildman–Crippen LogP) is 19.0. The van der Waals surface area contributed by atoms with Gasteiger partial charge in [0.05, 0.1) is 0 Å². The van der Waals surface area contributed by atoms with Crippen molar-refractivity contribution in [2.24, 2.45) is 0 Å². The largest absolute Gasteiger partial charge is 0.399 e. The first-order chi connectivity index (χ1) is 53.5. The van der Waals surface area contributed by atoms with Crippen molar-refractivity contribution in [2.75, 3.05) is 128 Å². The van der Waals surface area contributed by atoms with E-state index in [9.17, 15) is 28.8 Å². The Hall–Kier alpha value is -13.1. The van der Waals surface area contributed by atoms with Gasteiger partial charge in [-0.05, 0) is 260 Å². The number of hydrogen-bond acceptors (Lipinski definition) is 15. The Kier molecular flexibility index (Phi) is 33.4. The molecule has 0 bridgehead atoms. The summed E-state index contributed by atoms with van der Waals surface area (Å²) < 4.78 is 0. The Labute approximate surface area is 656 Å². The molecule has 0 saturated carbocycles. The molecule has 0 saturated heterocycles. The standard InChI is InChI=1S/C21H28N2O.C17H20N2O.C17H19NO.C15H15NO.C13H12N2O.C13H11NO/c1-5-22(6-2)19-13-9-17(10-14-19)21(24)18-11-15-20(16-12-18)23(7-3)8-4;1-18(2)15-9-5-13(6-10-15)17(20)14-7-11-16(12-8-14)19(3)4;1-3-18(4-2)16-12-10-15(11-13-16)17(19)14-8-6-5-7-9-14;1-16(2)14-10-8-13(9-11-14)15(17)12-6-4-3-5-7-12;14-11-5-1-9(2-6-11)13(16)10-3-7-12(15)8-4-10;14-12-8-6-11(7-9-12)13(15)10-4-2-1-3-5-10/h9-16H,5-8H2,1-4H3;5-12H,1-4H3;5-13H,3-4H2,1-2H3;3-11H,1-2H3;1-8H,14-15H2;1-9H,14H2. The Morgan fingerprint density at radius 1 is 0.189 bits per heavy atom. The molecule has 0 unspecified atom stereocenters. The van der Waals surface area contributed by atoms with Crippen LogP contribution in [0.3, 0.4) is 0 Å². The van der Waals surface area contributed by atoms with Crippen LogP contribution in [0.2, 0.25) is 0 Å². The summed E-state index contributed by atoms with van der Waals surface area (Å²) in [6.07, 6.45) is 0. The molecule has 12 aromatic rings. The highest BCUT2D eigenvalue weighted by atomic mass is 16.1. The van der Waals surface area contributed by atoms with Crippen molar-refractivity contribution >= 4 is 85.9 Å². The van der Waals surface area contributed by atoms with Crippen LogP contribution in [0.4, 0.5) is 51.2 Å². The minimum Gasteiger partial charge on any atom is -0.399 e. The lowest BCUT2D eigenvalue weighted by Gasteiger charge is -2.21. The number of carbonyl (C=O) groups is 6. The van der Waals surface area contributed by atoms with Gasteiger partial charge in [-0.3, -0.25) is 28.8 Å². The maximum Gasteiger partial charge on any atom is 0.193 e. The molecule has 0 aliphatic heterocycles. The number of anilines is 9. The summed E-state index contributed by atoms with van der Waals surface area (Å²) in [6, 6.07) is 95.2. The van der Waals surface area contributed by atoms with Crippen molar-refractivity contribution in [3.05, 3.63) is 376 Å². The molecule has 0 spiro atoms. The van der Waals surface area contributed by atoms with Crippen molar-refractivity contribution < 1.29 is 28.8 Å². The van der Waals surface area contributed by atoms with E-state index in [1.54, 1.807) is 84.9 Å². The van der Waals surface area contributed by atoms with Crippen molar-refractivity contribution in [3.8, 4) is 0 Å². The van der Waals surface area contributed by atoms with Gasteiger partial charge in [0.1, 0.15) is 0 Å². The van der Waals surface area contributed by atoms with E-state index in [2.05, 4.69) is 56.2 Å². The molecule has 0 aliphatic rings. The lowest BCUT2D eigenvalue weighted by molar-refractivity contribution is 0.103. The first-order valence-electron chi connectivity index (χ1n) is 37.4. The third-order valence-electron chi connectivity index (χ3n) is 18.3. The first kappa shape index (κ1) is 85.1. The maximum absolute atomic E-state index is 12.7. The maximum atomic E-state index is 12.7. The smallest absolute Gasteiger partial charge is 0.193 e. The molecule has 15 heteroatoms. The minimum absolute atomic E-state index is 0.0237. The normalized spacial score (nSPS) is 10.2. The van der Waals surface area contributed by atoms with Crippen LogP contribution in [-0.4, -0.2) is 116 Å². The van der Waals surface area contributed by atoms with Gasteiger partial charge in [0, 0.05) is 200 Å². The SMILES string of the molecule is CCN(CC)c1ccc(C(=O)c2ccc(N(CC)CC)cc2)cc1.CCN(CC)c1ccc(C(=O)c2ccccc2)cc1.CN(C)c1ccc(C(=O)c2ccc(N(C)C)cc2)cc1.CN(C)c1ccc(C(=O)c2ccccc2)cc1.Nc1ccc(C(=O)c2ccc(N)cc2)cc1.Nc1ccc(C(=O)c2ccccc2)cc1. The summed E-state index contributed by atoms with van der Waals surface area (Å²) >= 11 is 0. The third-order valence-corrected chi connectivity index (χ3v) is 18.3. The van der Waals surface area contributed by atoms with Crippen LogP contribution in [-0.2, 0) is 0 Å². The molecule has 0 amide bonds. The summed E-state index contributed by atoms with van der Waals surface area (Å²) in [5.74, 6) is 0.269. The van der Waals surface area contributed by atoms with Crippen molar-refractivity contribution in [3.63, 3.8) is 0 Å². The number of rotatable bonds is 24. The van der Waals surface area contributed by atoms with Crippen LogP contribution in [0.5, 0.6) is 0 Å². The fraction of sp³-hybridized carbons (Fsp3) is 0.188. The van der Waals surface area contributed by atoms with E-state index in [-0.39, 0.29) is 34.7 Å². The second kappa shape index (κ2) is 43.6. The second-order valence-corrected chi connectivity index (χ2v) is 26.4. The monoisotopic (exact) mass is 1480 g/mol. The number of nitrogens with two attached hydrogens (primary N) is 3. The van der Waals surface area contributed by atoms with Gasteiger partial charge >= 0.3 is 0 Å². The third kappa shape index (κ3) is 25.5. The molecule has 0 fully saturated rings. The van der Waals surface area contributed by atoms with Gasteiger partial charge in [-0.25, -0.2) is 0 Å². The number of nitrogen functional groups attached to an aromatic ring is 3. The zero-order valence-electron chi connectivity index (χ0n) is 66.1. The van der Waals surface area contributed by atoms with Gasteiger partial charge in [0.25, 0.3) is 0 Å². The van der Waals surface area contributed by atoms with E-state index in [0.29, 0.717) is 50.4 Å². The molecular weight excluding hydrogens is 1380 g/mol. The molecule has 6 N–H and O–H groups in total. The summed E-state index contributed by atoms with van der Waals surface area (Å²) in [5, 5.41) is 0. The molecule has 0 aliphatic carbocycles. The highest BCUT2D eigenvalue weighted by Crippen LogP contribution is 2.24. The highest BCUT2D eigenvalue weighted by Gasteiger charge is 2.16. The van der Waals surface area contributed by atoms with E-state index in [1.807, 2.05) is 281 Å². The van der Waals surface area contributed by atoms with Crippen LogP contribution in [0.1, 0.15) is 137 Å². The summed E-state index contributed by atoms with van der Waals surface area (Å²) in [6.45, 7) is 18.6. The average Bonchev–Trinajstić information content (AvgIpc) is 0.836. The minimum atomic E-state index is -0.0278. The molecule has 15 nitrogen and oxygen atoms in total. The lowest BCUT2D eigenvalue weighted by atomic mass is 10.0. The van der Waals surface area contributed by atoms with Crippen LogP contribution in [0.15, 0.2) is 309 Å². The predicted molar refractivity (Wildman–Crippen MR) is 465 cm³/mol. The Bertz CT molecular complexity index is 4660. The number of hydrogen-bond donors (Lipinski definition) is 3. The molecule has 111 heavy (non-hydrogen) atoms. The van der Waals surface area contributed by atoms with E-state index >= 15 is 0 Å². The van der Waals surface area contributed by atoms with Crippen LogP contribution < -0.4 is 46.6 Å². The zero-order chi connectivity index (χ0) is 80.4. The summed E-state index contributed by atoms with van der Waals surface area (Å²) in [7, 11) is 11.9. The fourth-order valence-corrected chi connectivity index (χ4v) is 11.6. The molecule has 570 valence electrons. The highest BCUT2D eigenvalue weighted by molar-refractivity contribution is 6.12. The van der Waals surface area contributed by atoms with Gasteiger partial charge in [-0.1, -0.05) is 91.0 Å². The van der Waals surface area contributed by atoms with Gasteiger partial charge in [-0.15, -0.1) is 0 Å². The second-order valence-electron chi connectivity index (χ2n) is 26.4. The summed E-state index contributed by atoms with van der Waals surface area (Å²) in [5.41, 5.74) is 33.8. The van der Waals surface area contributed by atoms with E-state index in [4.69, 9.17) is 17.2 Å². The molecule has 12 rings (SSSR count). The molecular formula is C96H105N9O6. The zero-order valence-corrected chi connectivity index (χ0v) is 66.1. The number of ketones is 6. The fourth-order valence-electron chi connectivity index (χ4n) is 11.6. The van der Waals surface area contributed by atoms with Gasteiger partial charge in [-0.2, -0.15) is 0 Å². The number of nitrogens with zero attached hydrogens (tertiary/aromatic N) is 6.